The van der Waals surface area contributed by atoms with Crippen molar-refractivity contribution in [3.05, 3.63) is 11.6 Å². The molecule has 1 aliphatic heterocycles. The van der Waals surface area contributed by atoms with Gasteiger partial charge in [-0.3, -0.25) is 4.79 Å². The summed E-state index contributed by atoms with van der Waals surface area (Å²) in [5.41, 5.74) is -0.148. The Morgan fingerprint density at radius 1 is 1.50 bits per heavy atom. The number of hydrogen-bond donors (Lipinski definition) is 0. The molecule has 1 rings (SSSR count). The third-order valence-electron chi connectivity index (χ3n) is 1.68. The number of halogens is 3. The number of likely N-dealkylation sites (tertiary alicyclic amines) is 1. The van der Waals surface area contributed by atoms with Crippen molar-refractivity contribution in [1.29, 1.82) is 0 Å². The lowest BCUT2D eigenvalue weighted by Gasteiger charge is -2.05. The SMILES string of the molecule is CN1CC/C(=C\C(F)(F)F)C1=O. The van der Waals surface area contributed by atoms with E-state index in [0.717, 1.165) is 0 Å². The molecule has 68 valence electrons. The molecule has 0 saturated carbocycles. The standard InChI is InChI=1S/C7H8F3NO/c1-11-3-2-5(6(11)12)4-7(8,9)10/h4H,2-3H2,1H3/b5-4+. The Bertz CT molecular complexity index is 231. The summed E-state index contributed by atoms with van der Waals surface area (Å²) in [4.78, 5) is 12.2. The Hall–Kier alpha value is -1.00. The van der Waals surface area contributed by atoms with E-state index in [4.69, 9.17) is 0 Å². The average molecular weight is 179 g/mol. The van der Waals surface area contributed by atoms with Crippen LogP contribution in [0.2, 0.25) is 0 Å². The van der Waals surface area contributed by atoms with Gasteiger partial charge in [0.15, 0.2) is 0 Å². The molecule has 0 unspecified atom stereocenters. The summed E-state index contributed by atoms with van der Waals surface area (Å²) in [6.07, 6.45) is -4.11. The van der Waals surface area contributed by atoms with Crippen molar-refractivity contribution in [2.45, 2.75) is 12.6 Å². The lowest BCUT2D eigenvalue weighted by atomic mass is 10.2. The number of alkyl halides is 3. The van der Waals surface area contributed by atoms with Crippen LogP contribution in [0.25, 0.3) is 0 Å². The molecular weight excluding hydrogens is 171 g/mol. The second-order valence-corrected chi connectivity index (χ2v) is 2.69. The lowest BCUT2D eigenvalue weighted by molar-refractivity contribution is -0.124. The van der Waals surface area contributed by atoms with Crippen LogP contribution in [-0.2, 0) is 4.79 Å². The summed E-state index contributed by atoms with van der Waals surface area (Å²) in [7, 11) is 1.49. The summed E-state index contributed by atoms with van der Waals surface area (Å²) in [6.45, 7) is 0.376. The van der Waals surface area contributed by atoms with Crippen molar-refractivity contribution in [3.63, 3.8) is 0 Å². The molecule has 0 aliphatic carbocycles. The second-order valence-electron chi connectivity index (χ2n) is 2.69. The first kappa shape index (κ1) is 9.09. The van der Waals surface area contributed by atoms with E-state index in [9.17, 15) is 18.0 Å². The first-order valence-electron chi connectivity index (χ1n) is 3.44. The number of carbonyl (C=O) groups excluding carboxylic acids is 1. The van der Waals surface area contributed by atoms with Crippen molar-refractivity contribution >= 4 is 5.91 Å². The number of likely N-dealkylation sites (N-methyl/N-ethyl adjacent to an activating group) is 1. The molecule has 2 nitrogen and oxygen atoms in total. The molecular formula is C7H8F3NO. The number of rotatable bonds is 0. The average Bonchev–Trinajstić information content (AvgIpc) is 2.16. The summed E-state index contributed by atoms with van der Waals surface area (Å²) in [5, 5.41) is 0. The minimum atomic E-state index is -4.38. The van der Waals surface area contributed by atoms with E-state index in [1.807, 2.05) is 0 Å². The van der Waals surface area contributed by atoms with Gasteiger partial charge >= 0.3 is 6.18 Å². The predicted octanol–water partition coefficient (Wildman–Crippen LogP) is 1.34. The van der Waals surface area contributed by atoms with E-state index in [-0.39, 0.29) is 18.1 Å². The molecule has 0 atom stereocenters. The fraction of sp³-hybridized carbons (Fsp3) is 0.571. The summed E-state index contributed by atoms with van der Waals surface area (Å²) in [5.74, 6) is -0.521. The maximum absolute atomic E-state index is 11.8. The van der Waals surface area contributed by atoms with Gasteiger partial charge in [-0.05, 0) is 6.42 Å². The Balaban J connectivity index is 2.78. The van der Waals surface area contributed by atoms with Crippen molar-refractivity contribution in [1.82, 2.24) is 4.90 Å². The van der Waals surface area contributed by atoms with Crippen molar-refractivity contribution in [2.75, 3.05) is 13.6 Å². The molecule has 1 saturated heterocycles. The zero-order valence-corrected chi connectivity index (χ0v) is 6.48. The molecule has 0 N–H and O–H groups in total. The highest BCUT2D eigenvalue weighted by molar-refractivity contribution is 5.95. The Morgan fingerprint density at radius 3 is 2.42 bits per heavy atom. The maximum atomic E-state index is 11.8. The van der Waals surface area contributed by atoms with Gasteiger partial charge in [0.05, 0.1) is 0 Å². The monoisotopic (exact) mass is 179 g/mol. The predicted molar refractivity (Wildman–Crippen MR) is 36.4 cm³/mol. The van der Waals surface area contributed by atoms with Crippen molar-refractivity contribution < 1.29 is 18.0 Å². The number of nitrogens with zero attached hydrogens (tertiary/aromatic N) is 1. The molecule has 12 heavy (non-hydrogen) atoms. The molecule has 0 radical (unpaired) electrons. The molecule has 1 amide bonds. The third kappa shape index (κ3) is 1.99. The highest BCUT2D eigenvalue weighted by Gasteiger charge is 2.30. The molecule has 5 heteroatoms. The van der Waals surface area contributed by atoms with Gasteiger partial charge in [-0.2, -0.15) is 13.2 Å². The Labute approximate surface area is 67.7 Å². The van der Waals surface area contributed by atoms with Crippen LogP contribution in [-0.4, -0.2) is 30.6 Å². The highest BCUT2D eigenvalue weighted by atomic mass is 19.4. The summed E-state index contributed by atoms with van der Waals surface area (Å²) >= 11 is 0. The number of allylic oxidation sites excluding steroid dienone is 1. The quantitative estimate of drug-likeness (QED) is 0.514. The number of hydrogen-bond acceptors (Lipinski definition) is 1. The van der Waals surface area contributed by atoms with E-state index in [2.05, 4.69) is 0 Å². The van der Waals surface area contributed by atoms with E-state index < -0.39 is 12.1 Å². The van der Waals surface area contributed by atoms with Crippen LogP contribution in [0.15, 0.2) is 11.6 Å². The van der Waals surface area contributed by atoms with Crippen LogP contribution in [0.5, 0.6) is 0 Å². The summed E-state index contributed by atoms with van der Waals surface area (Å²) in [6, 6.07) is 0. The first-order chi connectivity index (χ1) is 5.40. The fourth-order valence-electron chi connectivity index (χ4n) is 1.07. The van der Waals surface area contributed by atoms with Gasteiger partial charge in [0.1, 0.15) is 0 Å². The van der Waals surface area contributed by atoms with Crippen LogP contribution in [0, 0.1) is 0 Å². The van der Waals surface area contributed by atoms with Gasteiger partial charge in [-0.1, -0.05) is 0 Å². The van der Waals surface area contributed by atoms with Gasteiger partial charge in [-0.15, -0.1) is 0 Å². The largest absolute Gasteiger partial charge is 0.410 e. The molecule has 1 heterocycles. The molecule has 0 bridgehead atoms. The first-order valence-corrected chi connectivity index (χ1v) is 3.44. The summed E-state index contributed by atoms with van der Waals surface area (Å²) < 4.78 is 35.3. The zero-order chi connectivity index (χ0) is 9.35. The van der Waals surface area contributed by atoms with E-state index >= 15 is 0 Å². The zero-order valence-electron chi connectivity index (χ0n) is 6.48. The minimum absolute atomic E-state index is 0.0822. The molecule has 1 aliphatic rings. The van der Waals surface area contributed by atoms with E-state index in [1.165, 1.54) is 11.9 Å². The van der Waals surface area contributed by atoms with E-state index in [0.29, 0.717) is 6.54 Å². The van der Waals surface area contributed by atoms with Crippen LogP contribution in [0.1, 0.15) is 6.42 Å². The third-order valence-corrected chi connectivity index (χ3v) is 1.68. The smallest absolute Gasteiger partial charge is 0.342 e. The Kier molecular flexibility index (Phi) is 2.12. The molecule has 1 fully saturated rings. The second kappa shape index (κ2) is 2.80. The Morgan fingerprint density at radius 2 is 2.08 bits per heavy atom. The number of amides is 1. The lowest BCUT2D eigenvalue weighted by Crippen LogP contribution is -2.19. The molecule has 0 aromatic carbocycles. The van der Waals surface area contributed by atoms with Crippen LogP contribution >= 0.6 is 0 Å². The van der Waals surface area contributed by atoms with Crippen LogP contribution in [0.3, 0.4) is 0 Å². The van der Waals surface area contributed by atoms with Crippen molar-refractivity contribution in [2.24, 2.45) is 0 Å². The van der Waals surface area contributed by atoms with Crippen LogP contribution in [0.4, 0.5) is 13.2 Å². The van der Waals surface area contributed by atoms with Gasteiger partial charge in [0, 0.05) is 25.2 Å². The molecule has 0 aromatic heterocycles. The van der Waals surface area contributed by atoms with Crippen molar-refractivity contribution in [3.8, 4) is 0 Å². The molecule has 0 spiro atoms. The van der Waals surface area contributed by atoms with Gasteiger partial charge < -0.3 is 4.90 Å². The minimum Gasteiger partial charge on any atom is -0.342 e. The normalized spacial score (nSPS) is 22.5. The highest BCUT2D eigenvalue weighted by Crippen LogP contribution is 2.23. The maximum Gasteiger partial charge on any atom is 0.410 e. The van der Waals surface area contributed by atoms with Gasteiger partial charge in [-0.25, -0.2) is 0 Å². The van der Waals surface area contributed by atoms with Gasteiger partial charge in [0.25, 0.3) is 0 Å². The topological polar surface area (TPSA) is 20.3 Å². The van der Waals surface area contributed by atoms with E-state index in [1.54, 1.807) is 0 Å². The fourth-order valence-corrected chi connectivity index (χ4v) is 1.07. The van der Waals surface area contributed by atoms with Crippen LogP contribution < -0.4 is 0 Å². The molecule has 0 aromatic rings. The van der Waals surface area contributed by atoms with Gasteiger partial charge in [0.2, 0.25) is 5.91 Å². The number of carbonyl (C=O) groups is 1.